The Balaban J connectivity index is 5.20. The molecule has 0 bridgehead atoms. The molecule has 0 aliphatic carbocycles. The second kappa shape index (κ2) is 15.3. The lowest BCUT2D eigenvalue weighted by Crippen LogP contribution is -2.52. The zero-order valence-corrected chi connectivity index (χ0v) is 18.5. The van der Waals surface area contributed by atoms with Crippen molar-refractivity contribution in [2.24, 2.45) is 17.6 Å². The number of primary amides is 1. The third-order valence-electron chi connectivity index (χ3n) is 5.10. The molecule has 7 heteroatoms. The number of rotatable bonds is 16. The Morgan fingerprint density at radius 1 is 0.929 bits per heavy atom. The molecule has 1 unspecified atom stereocenters. The first kappa shape index (κ1) is 26.4. The van der Waals surface area contributed by atoms with Gasteiger partial charge in [0.2, 0.25) is 5.91 Å². The first-order valence-electron chi connectivity index (χ1n) is 10.8. The van der Waals surface area contributed by atoms with E-state index >= 15 is 0 Å². The molecule has 0 aromatic heterocycles. The molecule has 0 fully saturated rings. The number of hydrogen-bond acceptors (Lipinski definition) is 4. The Bertz CT molecular complexity index is 461. The number of nitrogens with two attached hydrogens (primary N) is 1. The van der Waals surface area contributed by atoms with Gasteiger partial charge >= 0.3 is 6.03 Å². The highest BCUT2D eigenvalue weighted by atomic mass is 16.2. The van der Waals surface area contributed by atoms with Crippen molar-refractivity contribution in [1.82, 2.24) is 16.0 Å². The van der Waals surface area contributed by atoms with Crippen molar-refractivity contribution in [3.8, 4) is 0 Å². The first-order chi connectivity index (χ1) is 13.3. The number of ketones is 1. The van der Waals surface area contributed by atoms with Crippen molar-refractivity contribution in [2.75, 3.05) is 13.6 Å². The van der Waals surface area contributed by atoms with Crippen LogP contribution >= 0.6 is 0 Å². The molecule has 0 aliphatic rings. The Labute approximate surface area is 171 Å². The molecule has 0 rings (SSSR count). The maximum Gasteiger partial charge on any atom is 0.312 e. The summed E-state index contributed by atoms with van der Waals surface area (Å²) < 4.78 is 0. The van der Waals surface area contributed by atoms with Gasteiger partial charge in [-0.05, 0) is 38.6 Å². The average Bonchev–Trinajstić information content (AvgIpc) is 2.63. The Kier molecular flexibility index (Phi) is 14.4. The molecule has 3 amide bonds. The number of carbonyl (C=O) groups is 3. The van der Waals surface area contributed by atoms with E-state index < -0.39 is 12.1 Å². The Morgan fingerprint density at radius 3 is 1.93 bits per heavy atom. The minimum atomic E-state index is -0.578. The maximum atomic E-state index is 13.3. The lowest BCUT2D eigenvalue weighted by molar-refractivity contribution is -0.132. The van der Waals surface area contributed by atoms with E-state index in [0.717, 1.165) is 38.5 Å². The number of Topliss-reactive ketones (excluding diaryl/α,β-unsaturated/α-hetero) is 1. The average molecular weight is 399 g/mol. The summed E-state index contributed by atoms with van der Waals surface area (Å²) in [5, 5.41) is 8.55. The van der Waals surface area contributed by atoms with Crippen molar-refractivity contribution in [2.45, 2.75) is 91.1 Å². The van der Waals surface area contributed by atoms with E-state index in [2.05, 4.69) is 29.8 Å². The normalized spacial score (nSPS) is 13.4. The molecule has 28 heavy (non-hydrogen) atoms. The van der Waals surface area contributed by atoms with Crippen LogP contribution in [-0.4, -0.2) is 43.4 Å². The van der Waals surface area contributed by atoms with E-state index in [0.29, 0.717) is 19.4 Å². The van der Waals surface area contributed by atoms with Gasteiger partial charge in [-0.1, -0.05) is 53.4 Å². The number of hydrogen-bond donors (Lipinski definition) is 4. The standard InChI is InChI=1S/C21H42N4O3/c1-6-8-11-16(12-9-7-2)19(26)17(13-10-14-24-21(22)28)25-20(27)18(23-5)15(3)4/h15-18,23H,6-14H2,1-5H3,(H,25,27)(H3,22,24,28)/t17-,18?/m1/s1. The quantitative estimate of drug-likeness (QED) is 0.299. The van der Waals surface area contributed by atoms with Crippen molar-refractivity contribution in [3.63, 3.8) is 0 Å². The smallest absolute Gasteiger partial charge is 0.312 e. The van der Waals surface area contributed by atoms with Gasteiger partial charge in [0.15, 0.2) is 5.78 Å². The summed E-state index contributed by atoms with van der Waals surface area (Å²) in [6.07, 6.45) is 6.91. The van der Waals surface area contributed by atoms with Crippen LogP contribution in [0.3, 0.4) is 0 Å². The van der Waals surface area contributed by atoms with Crippen LogP contribution in [0.4, 0.5) is 4.79 Å². The molecule has 0 saturated carbocycles. The summed E-state index contributed by atoms with van der Waals surface area (Å²) >= 11 is 0. The lowest BCUT2D eigenvalue weighted by Gasteiger charge is -2.27. The zero-order chi connectivity index (χ0) is 21.5. The number of nitrogens with one attached hydrogen (secondary N) is 3. The van der Waals surface area contributed by atoms with E-state index in [9.17, 15) is 14.4 Å². The molecule has 0 aromatic carbocycles. The Hall–Kier alpha value is -1.63. The van der Waals surface area contributed by atoms with Crippen LogP contribution in [-0.2, 0) is 9.59 Å². The van der Waals surface area contributed by atoms with Gasteiger partial charge in [-0.3, -0.25) is 9.59 Å². The molecule has 0 saturated heterocycles. The van der Waals surface area contributed by atoms with Crippen LogP contribution in [0, 0.1) is 11.8 Å². The summed E-state index contributed by atoms with van der Waals surface area (Å²) in [6, 6.07) is -1.45. The van der Waals surface area contributed by atoms with Crippen molar-refractivity contribution < 1.29 is 14.4 Å². The van der Waals surface area contributed by atoms with E-state index in [-0.39, 0.29) is 29.6 Å². The fraction of sp³-hybridized carbons (Fsp3) is 0.857. The second-order valence-corrected chi connectivity index (χ2v) is 7.89. The van der Waals surface area contributed by atoms with Gasteiger partial charge in [-0.15, -0.1) is 0 Å². The molecule has 2 atom stereocenters. The topological polar surface area (TPSA) is 113 Å². The van der Waals surface area contributed by atoms with Gasteiger partial charge in [-0.25, -0.2) is 4.79 Å². The minimum absolute atomic E-state index is 0.0265. The fourth-order valence-electron chi connectivity index (χ4n) is 3.45. The highest BCUT2D eigenvalue weighted by molar-refractivity contribution is 5.92. The van der Waals surface area contributed by atoms with Gasteiger partial charge in [-0.2, -0.15) is 0 Å². The number of urea groups is 1. The second-order valence-electron chi connectivity index (χ2n) is 7.89. The minimum Gasteiger partial charge on any atom is -0.352 e. The summed E-state index contributed by atoms with van der Waals surface area (Å²) in [7, 11) is 1.75. The zero-order valence-electron chi connectivity index (χ0n) is 18.5. The molecular formula is C21H42N4O3. The van der Waals surface area contributed by atoms with Crippen LogP contribution in [0.1, 0.15) is 79.1 Å². The molecule has 7 nitrogen and oxygen atoms in total. The fourth-order valence-corrected chi connectivity index (χ4v) is 3.45. The SMILES string of the molecule is CCCCC(CCCC)C(=O)[C@@H](CCCNC(N)=O)NC(=O)C(NC)C(C)C. The first-order valence-corrected chi connectivity index (χ1v) is 10.8. The molecule has 0 aromatic rings. The lowest BCUT2D eigenvalue weighted by atomic mass is 9.86. The molecule has 0 heterocycles. The Morgan fingerprint density at radius 2 is 1.50 bits per heavy atom. The van der Waals surface area contributed by atoms with Crippen LogP contribution in [0.25, 0.3) is 0 Å². The molecular weight excluding hydrogens is 356 g/mol. The predicted molar refractivity (Wildman–Crippen MR) is 114 cm³/mol. The molecule has 5 N–H and O–H groups in total. The van der Waals surface area contributed by atoms with E-state index in [1.165, 1.54) is 0 Å². The van der Waals surface area contributed by atoms with Crippen molar-refractivity contribution in [3.05, 3.63) is 0 Å². The summed E-state index contributed by atoms with van der Waals surface area (Å²) in [5.41, 5.74) is 5.10. The number of carbonyl (C=O) groups excluding carboxylic acids is 3. The van der Waals surface area contributed by atoms with Crippen molar-refractivity contribution >= 4 is 17.7 Å². The number of amides is 3. The molecule has 164 valence electrons. The van der Waals surface area contributed by atoms with Gasteiger partial charge < -0.3 is 21.7 Å². The molecule has 0 spiro atoms. The third kappa shape index (κ3) is 10.6. The highest BCUT2D eigenvalue weighted by Crippen LogP contribution is 2.20. The van der Waals surface area contributed by atoms with Crippen LogP contribution < -0.4 is 21.7 Å². The van der Waals surface area contributed by atoms with E-state index in [4.69, 9.17) is 5.73 Å². The number of unbranched alkanes of at least 4 members (excludes halogenated alkanes) is 2. The van der Waals surface area contributed by atoms with Gasteiger partial charge in [0.25, 0.3) is 0 Å². The van der Waals surface area contributed by atoms with Crippen LogP contribution in [0.5, 0.6) is 0 Å². The van der Waals surface area contributed by atoms with Gasteiger partial charge in [0.1, 0.15) is 0 Å². The highest BCUT2D eigenvalue weighted by Gasteiger charge is 2.30. The largest absolute Gasteiger partial charge is 0.352 e. The van der Waals surface area contributed by atoms with E-state index in [1.54, 1.807) is 7.05 Å². The van der Waals surface area contributed by atoms with Crippen LogP contribution in [0.15, 0.2) is 0 Å². The summed E-state index contributed by atoms with van der Waals surface area (Å²) in [6.45, 7) is 8.58. The van der Waals surface area contributed by atoms with Gasteiger partial charge in [0.05, 0.1) is 12.1 Å². The van der Waals surface area contributed by atoms with Crippen molar-refractivity contribution in [1.29, 1.82) is 0 Å². The van der Waals surface area contributed by atoms with Crippen LogP contribution in [0.2, 0.25) is 0 Å². The molecule has 0 radical (unpaired) electrons. The third-order valence-corrected chi connectivity index (χ3v) is 5.10. The number of likely N-dealkylation sites (N-methyl/N-ethyl adjacent to an activating group) is 1. The molecule has 0 aliphatic heterocycles. The monoisotopic (exact) mass is 398 g/mol. The van der Waals surface area contributed by atoms with E-state index in [1.807, 2.05) is 13.8 Å². The predicted octanol–water partition coefficient (Wildman–Crippen LogP) is 2.73. The summed E-state index contributed by atoms with van der Waals surface area (Å²) in [5.74, 6) is 0.0611. The summed E-state index contributed by atoms with van der Waals surface area (Å²) in [4.78, 5) is 36.8. The maximum absolute atomic E-state index is 13.3. The van der Waals surface area contributed by atoms with Gasteiger partial charge in [0, 0.05) is 12.5 Å².